The van der Waals surface area contributed by atoms with E-state index in [2.05, 4.69) is 16.0 Å². The zero-order valence-electron chi connectivity index (χ0n) is 18.8. The fraction of sp³-hybridized carbons (Fsp3) is 0.591. The van der Waals surface area contributed by atoms with Gasteiger partial charge in [-0.25, -0.2) is 4.79 Å². The fourth-order valence-electron chi connectivity index (χ4n) is 3.82. The fourth-order valence-corrected chi connectivity index (χ4v) is 3.82. The highest BCUT2D eigenvalue weighted by Gasteiger charge is 2.34. The molecule has 0 bridgehead atoms. The number of fused-ring (bicyclic) bond motifs is 1. The number of benzene rings is 1. The second-order valence-corrected chi connectivity index (χ2v) is 8.23. The average molecular weight is 449 g/mol. The molecule has 10 nitrogen and oxygen atoms in total. The Hall–Kier alpha value is -3.01. The molecule has 1 atom stereocenters. The van der Waals surface area contributed by atoms with E-state index in [1.807, 2.05) is 13.8 Å². The van der Waals surface area contributed by atoms with Gasteiger partial charge in [0.25, 0.3) is 5.91 Å². The molecule has 0 aliphatic carbocycles. The molecule has 3 N–H and O–H groups in total. The number of methoxy groups -OCH3 is 1. The number of hydrogen-bond donors (Lipinski definition) is 3. The summed E-state index contributed by atoms with van der Waals surface area (Å²) in [4.78, 5) is 39.9. The van der Waals surface area contributed by atoms with E-state index in [-0.39, 0.29) is 36.6 Å². The van der Waals surface area contributed by atoms with Gasteiger partial charge in [0.15, 0.2) is 11.5 Å². The molecule has 1 aromatic rings. The standard InChI is InChI=1S/C22H32N4O6/c1-14(2)24-22(29)26-9-6-15(7-10-26)19(21(28)23-8-11-30-3)25-20(27)16-4-5-17-18(12-16)32-13-31-17/h4-5,12,14-15,19H,6-11,13H2,1-3H3,(H,23,28)(H,24,29)(H,25,27)/t19-/m0/s1. The van der Waals surface area contributed by atoms with Crippen molar-refractivity contribution in [3.05, 3.63) is 23.8 Å². The average Bonchev–Trinajstić information content (AvgIpc) is 3.25. The summed E-state index contributed by atoms with van der Waals surface area (Å²) in [6, 6.07) is 4.15. The second kappa shape index (κ2) is 11.0. The van der Waals surface area contributed by atoms with E-state index in [1.165, 1.54) is 0 Å². The lowest BCUT2D eigenvalue weighted by Gasteiger charge is -2.36. The number of ether oxygens (including phenoxy) is 3. The normalized spacial score (nSPS) is 16.6. The Labute approximate surface area is 187 Å². The molecule has 0 saturated carbocycles. The van der Waals surface area contributed by atoms with Crippen molar-refractivity contribution in [1.29, 1.82) is 0 Å². The van der Waals surface area contributed by atoms with Crippen LogP contribution in [0.2, 0.25) is 0 Å². The molecule has 1 fully saturated rings. The van der Waals surface area contributed by atoms with E-state index < -0.39 is 6.04 Å². The van der Waals surface area contributed by atoms with Crippen molar-refractivity contribution >= 4 is 17.8 Å². The molecule has 32 heavy (non-hydrogen) atoms. The quantitative estimate of drug-likeness (QED) is 0.513. The summed E-state index contributed by atoms with van der Waals surface area (Å²) < 4.78 is 15.6. The van der Waals surface area contributed by atoms with Crippen LogP contribution in [0.4, 0.5) is 4.79 Å². The summed E-state index contributed by atoms with van der Waals surface area (Å²) in [5.41, 5.74) is 0.387. The molecule has 10 heteroatoms. The van der Waals surface area contributed by atoms with Crippen LogP contribution in [0.15, 0.2) is 18.2 Å². The third-order valence-corrected chi connectivity index (χ3v) is 5.52. The first-order valence-electron chi connectivity index (χ1n) is 10.9. The molecule has 2 aliphatic rings. The Bertz CT molecular complexity index is 823. The van der Waals surface area contributed by atoms with Crippen LogP contribution in [0, 0.1) is 5.92 Å². The summed E-state index contributed by atoms with van der Waals surface area (Å²) in [5, 5.41) is 8.60. The molecule has 2 aliphatic heterocycles. The minimum atomic E-state index is -0.722. The number of hydrogen-bond acceptors (Lipinski definition) is 6. The van der Waals surface area contributed by atoms with Crippen LogP contribution in [0.25, 0.3) is 0 Å². The van der Waals surface area contributed by atoms with E-state index in [9.17, 15) is 14.4 Å². The number of likely N-dealkylation sites (tertiary alicyclic amines) is 1. The van der Waals surface area contributed by atoms with E-state index in [1.54, 1.807) is 30.2 Å². The highest BCUT2D eigenvalue weighted by atomic mass is 16.7. The number of amides is 4. The van der Waals surface area contributed by atoms with Crippen LogP contribution < -0.4 is 25.4 Å². The number of carbonyl (C=O) groups is 3. The van der Waals surface area contributed by atoms with E-state index >= 15 is 0 Å². The van der Waals surface area contributed by atoms with E-state index in [0.717, 1.165) is 0 Å². The first-order chi connectivity index (χ1) is 15.4. The lowest BCUT2D eigenvalue weighted by Crippen LogP contribution is -2.55. The van der Waals surface area contributed by atoms with Gasteiger partial charge in [0.05, 0.1) is 6.61 Å². The van der Waals surface area contributed by atoms with Crippen LogP contribution in [0.1, 0.15) is 37.0 Å². The summed E-state index contributed by atoms with van der Waals surface area (Å²) in [6.07, 6.45) is 1.21. The maximum Gasteiger partial charge on any atom is 0.317 e. The zero-order valence-corrected chi connectivity index (χ0v) is 18.8. The van der Waals surface area contributed by atoms with Gasteiger partial charge in [0.2, 0.25) is 12.7 Å². The smallest absolute Gasteiger partial charge is 0.317 e. The Morgan fingerprint density at radius 2 is 1.84 bits per heavy atom. The van der Waals surface area contributed by atoms with Crippen molar-refractivity contribution in [1.82, 2.24) is 20.9 Å². The van der Waals surface area contributed by atoms with Gasteiger partial charge < -0.3 is 35.1 Å². The first-order valence-corrected chi connectivity index (χ1v) is 10.9. The largest absolute Gasteiger partial charge is 0.454 e. The predicted molar refractivity (Wildman–Crippen MR) is 117 cm³/mol. The number of carbonyl (C=O) groups excluding carboxylic acids is 3. The lowest BCUT2D eigenvalue weighted by molar-refractivity contribution is -0.124. The highest BCUT2D eigenvalue weighted by molar-refractivity contribution is 5.98. The van der Waals surface area contributed by atoms with Crippen LogP contribution in [-0.4, -0.2) is 75.0 Å². The number of nitrogens with one attached hydrogen (secondary N) is 3. The highest BCUT2D eigenvalue weighted by Crippen LogP contribution is 2.32. The third-order valence-electron chi connectivity index (χ3n) is 5.52. The van der Waals surface area contributed by atoms with Gasteiger partial charge in [-0.15, -0.1) is 0 Å². The monoisotopic (exact) mass is 448 g/mol. The minimum absolute atomic E-state index is 0.0560. The van der Waals surface area contributed by atoms with Crippen LogP contribution >= 0.6 is 0 Å². The molecule has 4 amide bonds. The Morgan fingerprint density at radius 3 is 2.53 bits per heavy atom. The van der Waals surface area contributed by atoms with Gasteiger partial charge in [-0.1, -0.05) is 0 Å². The number of rotatable bonds is 8. The van der Waals surface area contributed by atoms with Gasteiger partial charge >= 0.3 is 6.03 Å². The molecule has 0 aromatic heterocycles. The molecule has 0 spiro atoms. The van der Waals surface area contributed by atoms with Gasteiger partial charge in [-0.3, -0.25) is 9.59 Å². The number of nitrogens with zero attached hydrogens (tertiary/aromatic N) is 1. The van der Waals surface area contributed by atoms with Crippen molar-refractivity contribution in [2.24, 2.45) is 5.92 Å². The van der Waals surface area contributed by atoms with Crippen molar-refractivity contribution in [3.8, 4) is 11.5 Å². The van der Waals surface area contributed by atoms with Crippen LogP contribution in [0.5, 0.6) is 11.5 Å². The van der Waals surface area contributed by atoms with Crippen molar-refractivity contribution in [2.45, 2.75) is 38.8 Å². The Balaban J connectivity index is 1.66. The molecule has 1 saturated heterocycles. The lowest BCUT2D eigenvalue weighted by atomic mass is 9.88. The number of urea groups is 1. The van der Waals surface area contributed by atoms with Crippen molar-refractivity contribution in [3.63, 3.8) is 0 Å². The molecular weight excluding hydrogens is 416 g/mol. The zero-order chi connectivity index (χ0) is 23.1. The van der Waals surface area contributed by atoms with Gasteiger partial charge in [-0.05, 0) is 50.8 Å². The molecule has 3 rings (SSSR count). The summed E-state index contributed by atoms with van der Waals surface area (Å²) >= 11 is 0. The van der Waals surface area contributed by atoms with E-state index in [0.29, 0.717) is 56.1 Å². The molecule has 2 heterocycles. The van der Waals surface area contributed by atoms with Crippen LogP contribution in [-0.2, 0) is 9.53 Å². The minimum Gasteiger partial charge on any atom is -0.454 e. The third kappa shape index (κ3) is 6.03. The molecular formula is C22H32N4O6. The second-order valence-electron chi connectivity index (χ2n) is 8.23. The summed E-state index contributed by atoms with van der Waals surface area (Å²) in [5.74, 6) is 0.362. The SMILES string of the molecule is COCCNC(=O)[C@@H](NC(=O)c1ccc2c(c1)OCO2)C1CCN(C(=O)NC(C)C)CC1. The maximum atomic E-state index is 12.9. The van der Waals surface area contributed by atoms with E-state index in [4.69, 9.17) is 14.2 Å². The molecule has 1 aromatic carbocycles. The molecule has 0 unspecified atom stereocenters. The predicted octanol–water partition coefficient (Wildman–Crippen LogP) is 1.11. The topological polar surface area (TPSA) is 118 Å². The number of piperidine rings is 1. The van der Waals surface area contributed by atoms with Crippen LogP contribution in [0.3, 0.4) is 0 Å². The summed E-state index contributed by atoms with van der Waals surface area (Å²) in [7, 11) is 1.56. The van der Waals surface area contributed by atoms with Gasteiger partial charge in [0, 0.05) is 38.3 Å². The van der Waals surface area contributed by atoms with Crippen molar-refractivity contribution in [2.75, 3.05) is 40.1 Å². The Morgan fingerprint density at radius 1 is 1.12 bits per heavy atom. The maximum absolute atomic E-state index is 12.9. The van der Waals surface area contributed by atoms with Gasteiger partial charge in [0.1, 0.15) is 6.04 Å². The Kier molecular flexibility index (Phi) is 8.15. The van der Waals surface area contributed by atoms with Crippen molar-refractivity contribution < 1.29 is 28.6 Å². The summed E-state index contributed by atoms with van der Waals surface area (Å²) in [6.45, 7) is 5.71. The first kappa shape index (κ1) is 23.6. The van der Waals surface area contributed by atoms with Gasteiger partial charge in [-0.2, -0.15) is 0 Å². The molecule has 176 valence electrons. The molecule has 0 radical (unpaired) electrons.